The highest BCUT2D eigenvalue weighted by atomic mass is 16.5. The van der Waals surface area contributed by atoms with Crippen molar-refractivity contribution in [1.29, 1.82) is 5.26 Å². The lowest BCUT2D eigenvalue weighted by atomic mass is 10.1. The van der Waals surface area contributed by atoms with E-state index in [0.29, 0.717) is 5.56 Å². The van der Waals surface area contributed by atoms with E-state index < -0.39 is 0 Å². The molecule has 1 aromatic carbocycles. The molecule has 0 amide bonds. The Morgan fingerprint density at radius 3 is 3.18 bits per heavy atom. The maximum atomic E-state index is 9.01. The summed E-state index contributed by atoms with van der Waals surface area (Å²) in [5.74, 6) is 0. The Kier molecular flexibility index (Phi) is 3.97. The van der Waals surface area contributed by atoms with Crippen LogP contribution in [0.15, 0.2) is 18.2 Å². The summed E-state index contributed by atoms with van der Waals surface area (Å²) in [5, 5.41) is 15.6. The zero-order valence-electron chi connectivity index (χ0n) is 9.99. The summed E-state index contributed by atoms with van der Waals surface area (Å²) >= 11 is 0. The maximum Gasteiger partial charge on any atom is 0.101 e. The average molecular weight is 231 g/mol. The molecule has 1 saturated heterocycles. The van der Waals surface area contributed by atoms with E-state index in [2.05, 4.69) is 16.7 Å². The van der Waals surface area contributed by atoms with Crippen molar-refractivity contribution in [2.45, 2.75) is 13.0 Å². The van der Waals surface area contributed by atoms with Gasteiger partial charge in [-0.1, -0.05) is 6.07 Å². The van der Waals surface area contributed by atoms with Crippen LogP contribution in [0.4, 0.5) is 5.69 Å². The lowest BCUT2D eigenvalue weighted by molar-refractivity contribution is 0.0372. The number of hydrogen-bond acceptors (Lipinski definition) is 4. The smallest absolute Gasteiger partial charge is 0.101 e. The number of morpholine rings is 1. The molecule has 0 saturated carbocycles. The van der Waals surface area contributed by atoms with Crippen molar-refractivity contribution in [3.05, 3.63) is 29.3 Å². The number of benzene rings is 1. The van der Waals surface area contributed by atoms with E-state index in [-0.39, 0.29) is 6.10 Å². The maximum absolute atomic E-state index is 9.01. The van der Waals surface area contributed by atoms with Gasteiger partial charge in [0.15, 0.2) is 0 Å². The van der Waals surface area contributed by atoms with E-state index in [1.807, 2.05) is 25.1 Å². The SMILES string of the molecule is Cc1ccc(C#N)c(NCC2CNCCO2)c1. The van der Waals surface area contributed by atoms with Gasteiger partial charge in [-0.25, -0.2) is 0 Å². The van der Waals surface area contributed by atoms with Crippen LogP contribution in [0.25, 0.3) is 0 Å². The normalized spacial score (nSPS) is 19.6. The van der Waals surface area contributed by atoms with Crippen LogP contribution in [0, 0.1) is 18.3 Å². The number of hydrogen-bond donors (Lipinski definition) is 2. The highest BCUT2D eigenvalue weighted by molar-refractivity contribution is 5.58. The minimum absolute atomic E-state index is 0.177. The quantitative estimate of drug-likeness (QED) is 0.822. The summed E-state index contributed by atoms with van der Waals surface area (Å²) in [6, 6.07) is 7.98. The van der Waals surface area contributed by atoms with Crippen LogP contribution < -0.4 is 10.6 Å². The summed E-state index contributed by atoms with van der Waals surface area (Å²) in [5.41, 5.74) is 2.72. The zero-order valence-corrected chi connectivity index (χ0v) is 9.99. The van der Waals surface area contributed by atoms with Gasteiger partial charge in [-0.05, 0) is 24.6 Å². The van der Waals surface area contributed by atoms with E-state index in [1.165, 1.54) is 0 Å². The fraction of sp³-hybridized carbons (Fsp3) is 0.462. The van der Waals surface area contributed by atoms with Gasteiger partial charge in [-0.2, -0.15) is 5.26 Å². The van der Waals surface area contributed by atoms with Crippen molar-refractivity contribution in [3.63, 3.8) is 0 Å². The lowest BCUT2D eigenvalue weighted by Crippen LogP contribution is -2.42. The molecule has 1 heterocycles. The predicted octanol–water partition coefficient (Wildman–Crippen LogP) is 1.27. The predicted molar refractivity (Wildman–Crippen MR) is 67.0 cm³/mol. The Morgan fingerprint density at radius 2 is 2.47 bits per heavy atom. The molecule has 90 valence electrons. The van der Waals surface area contributed by atoms with Crippen LogP contribution >= 0.6 is 0 Å². The van der Waals surface area contributed by atoms with Crippen molar-refractivity contribution in [2.75, 3.05) is 31.6 Å². The molecule has 17 heavy (non-hydrogen) atoms. The van der Waals surface area contributed by atoms with Crippen molar-refractivity contribution in [3.8, 4) is 6.07 Å². The minimum atomic E-state index is 0.177. The van der Waals surface area contributed by atoms with Crippen LogP contribution in [-0.2, 0) is 4.74 Å². The molecule has 2 rings (SSSR count). The second-order valence-electron chi connectivity index (χ2n) is 4.24. The number of nitrogens with one attached hydrogen (secondary N) is 2. The topological polar surface area (TPSA) is 57.1 Å². The summed E-state index contributed by atoms with van der Waals surface area (Å²) in [6.07, 6.45) is 0.177. The number of anilines is 1. The van der Waals surface area contributed by atoms with Gasteiger partial charge in [0.25, 0.3) is 0 Å². The molecular weight excluding hydrogens is 214 g/mol. The molecule has 1 aromatic rings. The molecular formula is C13H17N3O. The molecule has 1 unspecified atom stereocenters. The van der Waals surface area contributed by atoms with E-state index in [4.69, 9.17) is 10.00 Å². The first kappa shape index (κ1) is 11.9. The monoisotopic (exact) mass is 231 g/mol. The van der Waals surface area contributed by atoms with E-state index >= 15 is 0 Å². The highest BCUT2D eigenvalue weighted by Crippen LogP contribution is 2.16. The van der Waals surface area contributed by atoms with Crippen molar-refractivity contribution in [1.82, 2.24) is 5.32 Å². The molecule has 1 atom stereocenters. The van der Waals surface area contributed by atoms with Gasteiger partial charge in [-0.3, -0.25) is 0 Å². The molecule has 2 N–H and O–H groups in total. The summed E-state index contributed by atoms with van der Waals surface area (Å²) in [6.45, 7) is 5.28. The number of nitriles is 1. The lowest BCUT2D eigenvalue weighted by Gasteiger charge is -2.24. The number of nitrogens with zero attached hydrogens (tertiary/aromatic N) is 1. The molecule has 4 nitrogen and oxygen atoms in total. The third-order valence-corrected chi connectivity index (χ3v) is 2.82. The fourth-order valence-corrected chi connectivity index (χ4v) is 1.88. The van der Waals surface area contributed by atoms with E-state index in [9.17, 15) is 0 Å². The molecule has 0 radical (unpaired) electrons. The first-order valence-corrected chi connectivity index (χ1v) is 5.86. The van der Waals surface area contributed by atoms with Gasteiger partial charge in [0, 0.05) is 19.6 Å². The van der Waals surface area contributed by atoms with Crippen molar-refractivity contribution < 1.29 is 4.74 Å². The summed E-state index contributed by atoms with van der Waals surface area (Å²) < 4.78 is 5.60. The third-order valence-electron chi connectivity index (χ3n) is 2.82. The van der Waals surface area contributed by atoms with Gasteiger partial charge < -0.3 is 15.4 Å². The van der Waals surface area contributed by atoms with Gasteiger partial charge in [0.05, 0.1) is 24.0 Å². The standard InChI is InChI=1S/C13H17N3O/c1-10-2-3-11(7-14)13(6-10)16-9-12-8-15-4-5-17-12/h2-3,6,12,15-16H,4-5,8-9H2,1H3. The van der Waals surface area contributed by atoms with Gasteiger partial charge in [0.2, 0.25) is 0 Å². The molecule has 1 fully saturated rings. The molecule has 1 aliphatic rings. The molecule has 1 aliphatic heterocycles. The largest absolute Gasteiger partial charge is 0.381 e. The van der Waals surface area contributed by atoms with Gasteiger partial charge >= 0.3 is 0 Å². The molecule has 0 aliphatic carbocycles. The van der Waals surface area contributed by atoms with Crippen molar-refractivity contribution in [2.24, 2.45) is 0 Å². The number of rotatable bonds is 3. The fourth-order valence-electron chi connectivity index (χ4n) is 1.88. The Balaban J connectivity index is 1.98. The van der Waals surface area contributed by atoms with Crippen LogP contribution in [0.2, 0.25) is 0 Å². The Morgan fingerprint density at radius 1 is 1.59 bits per heavy atom. The second kappa shape index (κ2) is 5.67. The van der Waals surface area contributed by atoms with Crippen LogP contribution in [-0.4, -0.2) is 32.3 Å². The third kappa shape index (κ3) is 3.19. The van der Waals surface area contributed by atoms with Crippen LogP contribution in [0.3, 0.4) is 0 Å². The average Bonchev–Trinajstić information content (AvgIpc) is 2.38. The highest BCUT2D eigenvalue weighted by Gasteiger charge is 2.13. The van der Waals surface area contributed by atoms with E-state index in [1.54, 1.807) is 0 Å². The molecule has 0 aromatic heterocycles. The van der Waals surface area contributed by atoms with Gasteiger partial charge in [-0.15, -0.1) is 0 Å². The van der Waals surface area contributed by atoms with Crippen LogP contribution in [0.5, 0.6) is 0 Å². The number of aryl methyl sites for hydroxylation is 1. The van der Waals surface area contributed by atoms with Crippen molar-refractivity contribution >= 4 is 5.69 Å². The summed E-state index contributed by atoms with van der Waals surface area (Å²) in [7, 11) is 0. The Labute approximate surface area is 102 Å². The molecule has 0 bridgehead atoms. The second-order valence-corrected chi connectivity index (χ2v) is 4.24. The Hall–Kier alpha value is -1.57. The van der Waals surface area contributed by atoms with Gasteiger partial charge in [0.1, 0.15) is 6.07 Å². The van der Waals surface area contributed by atoms with E-state index in [0.717, 1.165) is 37.5 Å². The molecule has 4 heteroatoms. The minimum Gasteiger partial charge on any atom is -0.381 e. The first-order chi connectivity index (χ1) is 8.29. The first-order valence-electron chi connectivity index (χ1n) is 5.86. The molecule has 0 spiro atoms. The number of ether oxygens (including phenoxy) is 1. The summed E-state index contributed by atoms with van der Waals surface area (Å²) in [4.78, 5) is 0. The zero-order chi connectivity index (χ0) is 12.1. The van der Waals surface area contributed by atoms with Crippen LogP contribution in [0.1, 0.15) is 11.1 Å². The Bertz CT molecular complexity index is 419.